The van der Waals surface area contributed by atoms with Crippen LogP contribution >= 0.6 is 12.4 Å². The van der Waals surface area contributed by atoms with Gasteiger partial charge in [-0.25, -0.2) is 4.39 Å². The second-order valence-electron chi connectivity index (χ2n) is 6.61. The number of hydrogen-bond acceptors (Lipinski definition) is 2. The van der Waals surface area contributed by atoms with Crippen LogP contribution in [0.4, 0.5) is 4.39 Å². The molecule has 1 heterocycles. The summed E-state index contributed by atoms with van der Waals surface area (Å²) in [6.45, 7) is 2.07. The van der Waals surface area contributed by atoms with Gasteiger partial charge in [-0.1, -0.05) is 31.4 Å². The van der Waals surface area contributed by atoms with E-state index in [1.807, 2.05) is 6.07 Å². The Morgan fingerprint density at radius 3 is 2.68 bits per heavy atom. The molecule has 0 amide bonds. The Bertz CT molecular complexity index is 531. The summed E-state index contributed by atoms with van der Waals surface area (Å²) in [5.41, 5.74) is 0.865. The van der Waals surface area contributed by atoms with Gasteiger partial charge in [0.15, 0.2) is 0 Å². The number of carboxylic acids is 1. The van der Waals surface area contributed by atoms with Crippen LogP contribution in [0.2, 0.25) is 0 Å². The average molecular weight is 328 g/mol. The maximum atomic E-state index is 13.3. The minimum absolute atomic E-state index is 0. The molecule has 0 radical (unpaired) electrons. The molecule has 1 spiro atoms. The SMILES string of the molecule is Cl.O=C(O)C1CN(Cc2cccc(F)c2)CC12CCCCC2. The maximum Gasteiger partial charge on any atom is 0.308 e. The Balaban J connectivity index is 0.00000176. The van der Waals surface area contributed by atoms with E-state index in [9.17, 15) is 14.3 Å². The number of halogens is 2. The van der Waals surface area contributed by atoms with E-state index in [1.54, 1.807) is 12.1 Å². The third-order valence-electron chi connectivity index (χ3n) is 5.16. The molecule has 1 aliphatic carbocycles. The molecule has 122 valence electrons. The lowest BCUT2D eigenvalue weighted by molar-refractivity contribution is -0.145. The van der Waals surface area contributed by atoms with Crippen molar-refractivity contribution in [2.45, 2.75) is 38.6 Å². The lowest BCUT2D eigenvalue weighted by atomic mass is 9.68. The Kier molecular flexibility index (Phi) is 5.45. The first-order valence-corrected chi connectivity index (χ1v) is 7.79. The molecule has 3 nitrogen and oxygen atoms in total. The van der Waals surface area contributed by atoms with Crippen LogP contribution in [0.3, 0.4) is 0 Å². The van der Waals surface area contributed by atoms with Crippen LogP contribution in [0.1, 0.15) is 37.7 Å². The fourth-order valence-electron chi connectivity index (χ4n) is 4.19. The second-order valence-corrected chi connectivity index (χ2v) is 6.61. The molecule has 1 aromatic rings. The number of carboxylic acid groups (broad SMARTS) is 1. The van der Waals surface area contributed by atoms with Crippen molar-refractivity contribution in [3.8, 4) is 0 Å². The number of carbonyl (C=O) groups is 1. The molecule has 1 aromatic carbocycles. The fraction of sp³-hybridized carbons (Fsp3) is 0.588. The molecule has 1 aliphatic heterocycles. The molecule has 2 fully saturated rings. The van der Waals surface area contributed by atoms with E-state index in [4.69, 9.17) is 0 Å². The quantitative estimate of drug-likeness (QED) is 0.920. The summed E-state index contributed by atoms with van der Waals surface area (Å²) in [5, 5.41) is 9.57. The van der Waals surface area contributed by atoms with Crippen molar-refractivity contribution in [2.75, 3.05) is 13.1 Å². The highest BCUT2D eigenvalue weighted by Gasteiger charge is 2.50. The van der Waals surface area contributed by atoms with Crippen molar-refractivity contribution < 1.29 is 14.3 Å². The first-order chi connectivity index (χ1) is 10.1. The van der Waals surface area contributed by atoms with E-state index in [2.05, 4.69) is 4.90 Å². The lowest BCUT2D eigenvalue weighted by Gasteiger charge is -2.36. The van der Waals surface area contributed by atoms with E-state index in [1.165, 1.54) is 12.5 Å². The normalized spacial score (nSPS) is 24.1. The van der Waals surface area contributed by atoms with Crippen LogP contribution in [-0.2, 0) is 11.3 Å². The zero-order valence-corrected chi connectivity index (χ0v) is 13.4. The summed E-state index contributed by atoms with van der Waals surface area (Å²) < 4.78 is 13.3. The predicted octanol–water partition coefficient (Wildman–Crippen LogP) is 3.71. The van der Waals surface area contributed by atoms with Crippen LogP contribution in [-0.4, -0.2) is 29.1 Å². The van der Waals surface area contributed by atoms with Gasteiger partial charge in [0, 0.05) is 19.6 Å². The third kappa shape index (κ3) is 3.44. The second kappa shape index (κ2) is 6.97. The first-order valence-electron chi connectivity index (χ1n) is 7.79. The summed E-state index contributed by atoms with van der Waals surface area (Å²) in [6.07, 6.45) is 5.53. The Morgan fingerprint density at radius 1 is 1.32 bits per heavy atom. The number of benzene rings is 1. The van der Waals surface area contributed by atoms with Gasteiger partial charge in [-0.15, -0.1) is 12.4 Å². The van der Waals surface area contributed by atoms with Crippen molar-refractivity contribution in [3.63, 3.8) is 0 Å². The van der Waals surface area contributed by atoms with Crippen LogP contribution in [0.5, 0.6) is 0 Å². The molecular weight excluding hydrogens is 305 g/mol. The summed E-state index contributed by atoms with van der Waals surface area (Å²) in [6, 6.07) is 6.61. The van der Waals surface area contributed by atoms with Crippen molar-refractivity contribution in [2.24, 2.45) is 11.3 Å². The van der Waals surface area contributed by atoms with Gasteiger partial charge in [-0.05, 0) is 36.0 Å². The van der Waals surface area contributed by atoms with Crippen molar-refractivity contribution in [1.29, 1.82) is 0 Å². The monoisotopic (exact) mass is 327 g/mol. The molecule has 5 heteroatoms. The van der Waals surface area contributed by atoms with Crippen molar-refractivity contribution in [3.05, 3.63) is 35.6 Å². The van der Waals surface area contributed by atoms with Crippen molar-refractivity contribution in [1.82, 2.24) is 4.90 Å². The first kappa shape index (κ1) is 17.2. The van der Waals surface area contributed by atoms with E-state index in [0.29, 0.717) is 13.1 Å². The van der Waals surface area contributed by atoms with Gasteiger partial charge < -0.3 is 5.11 Å². The molecule has 1 N–H and O–H groups in total. The van der Waals surface area contributed by atoms with Gasteiger partial charge in [0.1, 0.15) is 5.82 Å². The smallest absolute Gasteiger partial charge is 0.308 e. The molecule has 2 aliphatic rings. The maximum absolute atomic E-state index is 13.3. The minimum Gasteiger partial charge on any atom is -0.481 e. The van der Waals surface area contributed by atoms with Gasteiger partial charge in [-0.3, -0.25) is 9.69 Å². The van der Waals surface area contributed by atoms with E-state index in [-0.39, 0.29) is 29.6 Å². The van der Waals surface area contributed by atoms with Crippen LogP contribution in [0.25, 0.3) is 0 Å². The zero-order valence-electron chi connectivity index (χ0n) is 12.6. The van der Waals surface area contributed by atoms with E-state index in [0.717, 1.165) is 37.8 Å². The molecule has 22 heavy (non-hydrogen) atoms. The number of hydrogen-bond donors (Lipinski definition) is 1. The van der Waals surface area contributed by atoms with Gasteiger partial charge >= 0.3 is 5.97 Å². The highest BCUT2D eigenvalue weighted by Crippen LogP contribution is 2.47. The van der Waals surface area contributed by atoms with E-state index < -0.39 is 5.97 Å². The molecule has 0 bridgehead atoms. The summed E-state index contributed by atoms with van der Waals surface area (Å²) in [5.74, 6) is -1.17. The highest BCUT2D eigenvalue weighted by molar-refractivity contribution is 5.85. The molecule has 1 unspecified atom stereocenters. The Morgan fingerprint density at radius 2 is 2.05 bits per heavy atom. The molecule has 1 saturated heterocycles. The number of rotatable bonds is 3. The Labute approximate surface area is 136 Å². The van der Waals surface area contributed by atoms with Crippen LogP contribution in [0.15, 0.2) is 24.3 Å². The Hall–Kier alpha value is -1.13. The van der Waals surface area contributed by atoms with Gasteiger partial charge in [0.2, 0.25) is 0 Å². The van der Waals surface area contributed by atoms with E-state index >= 15 is 0 Å². The number of nitrogens with zero attached hydrogens (tertiary/aromatic N) is 1. The zero-order chi connectivity index (χ0) is 14.9. The molecule has 0 aromatic heterocycles. The van der Waals surface area contributed by atoms with Crippen LogP contribution in [0, 0.1) is 17.2 Å². The fourth-order valence-corrected chi connectivity index (χ4v) is 4.19. The lowest BCUT2D eigenvalue weighted by Crippen LogP contribution is -2.36. The summed E-state index contributed by atoms with van der Waals surface area (Å²) >= 11 is 0. The van der Waals surface area contributed by atoms with Gasteiger partial charge in [0.05, 0.1) is 5.92 Å². The summed E-state index contributed by atoms with van der Waals surface area (Å²) in [4.78, 5) is 13.8. The topological polar surface area (TPSA) is 40.5 Å². The van der Waals surface area contributed by atoms with Crippen LogP contribution < -0.4 is 0 Å². The molecule has 3 rings (SSSR count). The average Bonchev–Trinajstić information content (AvgIpc) is 2.78. The van der Waals surface area contributed by atoms with Crippen molar-refractivity contribution >= 4 is 18.4 Å². The van der Waals surface area contributed by atoms with Gasteiger partial charge in [0.25, 0.3) is 0 Å². The number of likely N-dealkylation sites (tertiary alicyclic amines) is 1. The predicted molar refractivity (Wildman–Crippen MR) is 85.6 cm³/mol. The number of aliphatic carboxylic acids is 1. The molecule has 1 atom stereocenters. The molecular formula is C17H23ClFNO2. The molecule has 1 saturated carbocycles. The minimum atomic E-state index is -0.668. The van der Waals surface area contributed by atoms with Gasteiger partial charge in [-0.2, -0.15) is 0 Å². The highest BCUT2D eigenvalue weighted by atomic mass is 35.5. The standard InChI is InChI=1S/C17H22FNO2.ClH/c18-14-6-4-5-13(9-14)10-19-11-15(16(20)21)17(12-19)7-2-1-3-8-17;/h4-6,9,15H,1-3,7-8,10-12H2,(H,20,21);1H. The summed E-state index contributed by atoms with van der Waals surface area (Å²) in [7, 11) is 0. The largest absolute Gasteiger partial charge is 0.481 e. The third-order valence-corrected chi connectivity index (χ3v) is 5.16.